The van der Waals surface area contributed by atoms with Gasteiger partial charge in [-0.25, -0.2) is 0 Å². The lowest BCUT2D eigenvalue weighted by Gasteiger charge is -2.13. The molecule has 0 bridgehead atoms. The maximum Gasteiger partial charge on any atom is 0.416 e. The molecule has 2 aromatic rings. The minimum atomic E-state index is -4.59. The van der Waals surface area contributed by atoms with Crippen LogP contribution in [-0.2, 0) is 10.6 Å². The van der Waals surface area contributed by atoms with Crippen LogP contribution >= 0.6 is 34.2 Å². The van der Waals surface area contributed by atoms with Crippen LogP contribution in [0.1, 0.15) is 21.5 Å². The number of anilines is 1. The molecule has 0 aliphatic heterocycles. The topological polar surface area (TPSA) is 62.2 Å². The molecule has 0 unspecified atom stereocenters. The molecule has 0 aliphatic rings. The zero-order valence-electron chi connectivity index (χ0n) is 11.3. The van der Waals surface area contributed by atoms with Crippen molar-refractivity contribution < 1.29 is 23.1 Å². The largest absolute Gasteiger partial charge is 0.506 e. The number of phenolic OH excluding ortho intramolecular Hbond substituents is 1. The SMILES string of the molecule is O=C(Nc1cc(C(F)(F)F)ccc1O)c1c(Cl)cncc1CI. The number of aromatic hydroxyl groups is 1. The van der Waals surface area contributed by atoms with E-state index in [-0.39, 0.29) is 16.3 Å². The lowest BCUT2D eigenvalue weighted by Crippen LogP contribution is -2.16. The number of carbonyl (C=O) groups is 1. The van der Waals surface area contributed by atoms with Crippen LogP contribution in [0.5, 0.6) is 5.75 Å². The molecule has 0 saturated heterocycles. The monoisotopic (exact) mass is 456 g/mol. The second-order valence-electron chi connectivity index (χ2n) is 4.47. The Morgan fingerprint density at radius 1 is 1.35 bits per heavy atom. The predicted octanol–water partition coefficient (Wildman–Crippen LogP) is 4.65. The van der Waals surface area contributed by atoms with Gasteiger partial charge in [-0.15, -0.1) is 0 Å². The van der Waals surface area contributed by atoms with E-state index in [0.717, 1.165) is 12.1 Å². The van der Waals surface area contributed by atoms with E-state index in [0.29, 0.717) is 16.1 Å². The first-order chi connectivity index (χ1) is 10.7. The Kier molecular flexibility index (Phi) is 5.35. The molecule has 1 aromatic heterocycles. The zero-order chi connectivity index (χ0) is 17.2. The first kappa shape index (κ1) is 17.8. The third-order valence-electron chi connectivity index (χ3n) is 2.92. The molecule has 0 aliphatic carbocycles. The Morgan fingerprint density at radius 2 is 2.04 bits per heavy atom. The highest BCUT2D eigenvalue weighted by Crippen LogP contribution is 2.35. The second-order valence-corrected chi connectivity index (χ2v) is 5.64. The number of nitrogens with one attached hydrogen (secondary N) is 1. The summed E-state index contributed by atoms with van der Waals surface area (Å²) >= 11 is 7.95. The standard InChI is InChI=1S/C14H9ClF3IN2O2/c15-9-6-20-5-7(4-19)12(9)13(23)21-10-3-8(14(16,17)18)1-2-11(10)22/h1-3,5-6,22H,4H2,(H,21,23). The van der Waals surface area contributed by atoms with Gasteiger partial charge in [0.15, 0.2) is 0 Å². The Balaban J connectivity index is 2.38. The minimum absolute atomic E-state index is 0.0723. The summed E-state index contributed by atoms with van der Waals surface area (Å²) in [7, 11) is 0. The van der Waals surface area contributed by atoms with E-state index in [1.807, 2.05) is 22.6 Å². The van der Waals surface area contributed by atoms with Gasteiger partial charge in [0.2, 0.25) is 0 Å². The van der Waals surface area contributed by atoms with Crippen molar-refractivity contribution in [2.75, 3.05) is 5.32 Å². The average molecular weight is 457 g/mol. The van der Waals surface area contributed by atoms with E-state index in [1.165, 1.54) is 12.4 Å². The Bertz CT molecular complexity index is 753. The molecule has 1 heterocycles. The Labute approximate surface area is 147 Å². The number of amides is 1. The minimum Gasteiger partial charge on any atom is -0.506 e. The van der Waals surface area contributed by atoms with Gasteiger partial charge in [-0.2, -0.15) is 13.2 Å². The summed E-state index contributed by atoms with van der Waals surface area (Å²) in [6.45, 7) is 0. The molecule has 23 heavy (non-hydrogen) atoms. The van der Waals surface area contributed by atoms with Crippen LogP contribution in [0.3, 0.4) is 0 Å². The fourth-order valence-electron chi connectivity index (χ4n) is 1.83. The smallest absolute Gasteiger partial charge is 0.416 e. The normalized spacial score (nSPS) is 11.3. The lowest BCUT2D eigenvalue weighted by molar-refractivity contribution is -0.137. The van der Waals surface area contributed by atoms with Crippen LogP contribution in [0.25, 0.3) is 0 Å². The first-order valence-corrected chi connectivity index (χ1v) is 8.04. The highest BCUT2D eigenvalue weighted by Gasteiger charge is 2.31. The number of hydrogen-bond acceptors (Lipinski definition) is 3. The summed E-state index contributed by atoms with van der Waals surface area (Å²) in [5, 5.41) is 12.0. The molecular formula is C14H9ClF3IN2O2. The summed E-state index contributed by atoms with van der Waals surface area (Å²) in [5.74, 6) is -1.20. The van der Waals surface area contributed by atoms with E-state index in [4.69, 9.17) is 11.6 Å². The van der Waals surface area contributed by atoms with Crippen LogP contribution < -0.4 is 5.32 Å². The zero-order valence-corrected chi connectivity index (χ0v) is 14.2. The lowest BCUT2D eigenvalue weighted by atomic mass is 10.1. The first-order valence-electron chi connectivity index (χ1n) is 6.14. The molecule has 9 heteroatoms. The van der Waals surface area contributed by atoms with Crippen LogP contribution in [-0.4, -0.2) is 16.0 Å². The van der Waals surface area contributed by atoms with E-state index < -0.39 is 23.4 Å². The van der Waals surface area contributed by atoms with Gasteiger partial charge >= 0.3 is 6.18 Å². The summed E-state index contributed by atoms with van der Waals surface area (Å²) in [6.07, 6.45) is -1.88. The Hall–Kier alpha value is -1.55. The number of hydrogen-bond donors (Lipinski definition) is 2. The third kappa shape index (κ3) is 4.05. The summed E-state index contributed by atoms with van der Waals surface area (Å²) in [6, 6.07) is 2.25. The van der Waals surface area contributed by atoms with Crippen molar-refractivity contribution in [1.82, 2.24) is 4.98 Å². The van der Waals surface area contributed by atoms with Gasteiger partial charge in [-0.05, 0) is 23.8 Å². The molecule has 0 fully saturated rings. The van der Waals surface area contributed by atoms with Crippen LogP contribution in [0, 0.1) is 0 Å². The van der Waals surface area contributed by atoms with Gasteiger partial charge < -0.3 is 10.4 Å². The molecule has 2 N–H and O–H groups in total. The van der Waals surface area contributed by atoms with E-state index in [2.05, 4.69) is 10.3 Å². The average Bonchev–Trinajstić information content (AvgIpc) is 2.47. The molecule has 0 saturated carbocycles. The quantitative estimate of drug-likeness (QED) is 0.402. The highest BCUT2D eigenvalue weighted by molar-refractivity contribution is 14.1. The molecule has 0 radical (unpaired) electrons. The number of pyridine rings is 1. The molecule has 4 nitrogen and oxygen atoms in total. The number of rotatable bonds is 3. The van der Waals surface area contributed by atoms with Gasteiger partial charge in [-0.1, -0.05) is 34.2 Å². The van der Waals surface area contributed by atoms with Crippen molar-refractivity contribution in [3.63, 3.8) is 0 Å². The third-order valence-corrected chi connectivity index (χ3v) is 4.03. The molecule has 122 valence electrons. The fourth-order valence-corrected chi connectivity index (χ4v) is 2.67. The summed E-state index contributed by atoms with van der Waals surface area (Å²) in [4.78, 5) is 16.2. The van der Waals surface area contributed by atoms with Crippen molar-refractivity contribution in [3.05, 3.63) is 52.3 Å². The van der Waals surface area contributed by atoms with Gasteiger partial charge in [0, 0.05) is 16.8 Å². The van der Waals surface area contributed by atoms with E-state index in [9.17, 15) is 23.1 Å². The van der Waals surface area contributed by atoms with Crippen molar-refractivity contribution in [1.29, 1.82) is 0 Å². The molecular weight excluding hydrogens is 448 g/mol. The number of aromatic nitrogens is 1. The molecule has 1 aromatic carbocycles. The Morgan fingerprint density at radius 3 is 2.65 bits per heavy atom. The molecule has 2 rings (SSSR count). The van der Waals surface area contributed by atoms with Gasteiger partial charge in [0.1, 0.15) is 5.75 Å². The van der Waals surface area contributed by atoms with Crippen molar-refractivity contribution in [2.24, 2.45) is 0 Å². The van der Waals surface area contributed by atoms with Crippen LogP contribution in [0.2, 0.25) is 5.02 Å². The second kappa shape index (κ2) is 6.91. The number of benzene rings is 1. The number of halogens is 5. The van der Waals surface area contributed by atoms with E-state index in [1.54, 1.807) is 0 Å². The van der Waals surface area contributed by atoms with Crippen molar-refractivity contribution in [2.45, 2.75) is 10.6 Å². The number of carbonyl (C=O) groups excluding carboxylic acids is 1. The predicted molar refractivity (Wildman–Crippen MR) is 88.0 cm³/mol. The number of nitrogens with zero attached hydrogens (tertiary/aromatic N) is 1. The van der Waals surface area contributed by atoms with Crippen molar-refractivity contribution >= 4 is 45.8 Å². The maximum atomic E-state index is 12.7. The van der Waals surface area contributed by atoms with Crippen LogP contribution in [0.15, 0.2) is 30.6 Å². The fraction of sp³-hybridized carbons (Fsp3) is 0.143. The van der Waals surface area contributed by atoms with Crippen LogP contribution in [0.4, 0.5) is 18.9 Å². The van der Waals surface area contributed by atoms with Gasteiger partial charge in [-0.3, -0.25) is 9.78 Å². The molecule has 0 spiro atoms. The number of alkyl halides is 4. The molecule has 1 amide bonds. The highest BCUT2D eigenvalue weighted by atomic mass is 127. The van der Waals surface area contributed by atoms with E-state index >= 15 is 0 Å². The molecule has 0 atom stereocenters. The van der Waals surface area contributed by atoms with Gasteiger partial charge in [0.05, 0.1) is 21.8 Å². The van der Waals surface area contributed by atoms with Crippen molar-refractivity contribution in [3.8, 4) is 5.75 Å². The maximum absolute atomic E-state index is 12.7. The summed E-state index contributed by atoms with van der Waals surface area (Å²) < 4.78 is 38.6. The number of phenols is 1. The summed E-state index contributed by atoms with van der Waals surface area (Å²) in [5.41, 5.74) is -0.701. The van der Waals surface area contributed by atoms with Gasteiger partial charge in [0.25, 0.3) is 5.91 Å².